The molecule has 0 radical (unpaired) electrons. The SMILES string of the molecule is CC(C)(C)OC(=O)CCCCCCCCCCC(=O)O.N. The van der Waals surface area contributed by atoms with Crippen molar-refractivity contribution in [3.63, 3.8) is 0 Å². The van der Waals surface area contributed by atoms with Crippen LogP contribution >= 0.6 is 0 Å². The average molecular weight is 303 g/mol. The number of carbonyl (C=O) groups is 2. The number of hydrogen-bond acceptors (Lipinski definition) is 4. The van der Waals surface area contributed by atoms with Gasteiger partial charge in [0.05, 0.1) is 0 Å². The molecular formula is C16H33NO4. The highest BCUT2D eigenvalue weighted by Crippen LogP contribution is 2.13. The van der Waals surface area contributed by atoms with Crippen LogP contribution < -0.4 is 6.15 Å². The van der Waals surface area contributed by atoms with E-state index < -0.39 is 5.97 Å². The third-order valence-electron chi connectivity index (χ3n) is 2.94. The van der Waals surface area contributed by atoms with E-state index in [1.54, 1.807) is 0 Å². The second-order valence-corrected chi connectivity index (χ2v) is 6.31. The number of rotatable bonds is 11. The second kappa shape index (κ2) is 12.6. The number of ether oxygens (including phenoxy) is 1. The fraction of sp³-hybridized carbons (Fsp3) is 0.875. The maximum Gasteiger partial charge on any atom is 0.306 e. The highest BCUT2D eigenvalue weighted by Gasteiger charge is 2.15. The van der Waals surface area contributed by atoms with E-state index in [1.807, 2.05) is 20.8 Å². The summed E-state index contributed by atoms with van der Waals surface area (Å²) in [7, 11) is 0. The minimum Gasteiger partial charge on any atom is -0.481 e. The van der Waals surface area contributed by atoms with Crippen molar-refractivity contribution in [3.05, 3.63) is 0 Å². The molecule has 0 heterocycles. The fourth-order valence-corrected chi connectivity index (χ4v) is 2.00. The van der Waals surface area contributed by atoms with Gasteiger partial charge in [0.1, 0.15) is 5.60 Å². The monoisotopic (exact) mass is 303 g/mol. The van der Waals surface area contributed by atoms with E-state index in [9.17, 15) is 9.59 Å². The molecule has 5 heteroatoms. The normalized spacial score (nSPS) is 10.8. The van der Waals surface area contributed by atoms with Crippen LogP contribution in [0.15, 0.2) is 0 Å². The molecule has 0 amide bonds. The van der Waals surface area contributed by atoms with E-state index in [4.69, 9.17) is 9.84 Å². The Morgan fingerprint density at radius 2 is 1.19 bits per heavy atom. The molecule has 5 nitrogen and oxygen atoms in total. The van der Waals surface area contributed by atoms with Crippen LogP contribution in [0.5, 0.6) is 0 Å². The number of hydrogen-bond donors (Lipinski definition) is 2. The van der Waals surface area contributed by atoms with E-state index >= 15 is 0 Å². The largest absolute Gasteiger partial charge is 0.481 e. The van der Waals surface area contributed by atoms with Gasteiger partial charge in [-0.15, -0.1) is 0 Å². The number of carbonyl (C=O) groups excluding carboxylic acids is 1. The summed E-state index contributed by atoms with van der Waals surface area (Å²) in [6, 6.07) is 0. The van der Waals surface area contributed by atoms with Gasteiger partial charge in [0.25, 0.3) is 0 Å². The van der Waals surface area contributed by atoms with Gasteiger partial charge >= 0.3 is 11.9 Å². The molecule has 0 saturated heterocycles. The summed E-state index contributed by atoms with van der Waals surface area (Å²) in [5, 5.41) is 8.49. The van der Waals surface area contributed by atoms with Gasteiger partial charge in [-0.1, -0.05) is 38.5 Å². The molecule has 126 valence electrons. The number of unbranched alkanes of at least 4 members (excludes halogenated alkanes) is 7. The Morgan fingerprint density at radius 1 is 0.810 bits per heavy atom. The maximum absolute atomic E-state index is 11.5. The Labute approximate surface area is 129 Å². The molecule has 4 N–H and O–H groups in total. The summed E-state index contributed by atoms with van der Waals surface area (Å²) < 4.78 is 5.24. The van der Waals surface area contributed by atoms with Crippen LogP contribution in [-0.2, 0) is 14.3 Å². The molecule has 0 saturated carbocycles. The quantitative estimate of drug-likeness (QED) is 0.433. The van der Waals surface area contributed by atoms with E-state index in [1.165, 1.54) is 6.42 Å². The first-order valence-corrected chi connectivity index (χ1v) is 7.75. The Hall–Kier alpha value is -1.10. The molecule has 0 aromatic heterocycles. The van der Waals surface area contributed by atoms with Crippen molar-refractivity contribution in [2.45, 2.75) is 90.6 Å². The van der Waals surface area contributed by atoms with Crippen molar-refractivity contribution < 1.29 is 19.4 Å². The molecule has 0 aromatic rings. The predicted octanol–water partition coefficient (Wildman–Crippen LogP) is 4.48. The standard InChI is InChI=1S/C16H30O4.H3N/c1-16(2,3)20-15(19)13-11-9-7-5-4-6-8-10-12-14(17)18;/h4-13H2,1-3H3,(H,17,18);1H3. The number of carboxylic acids is 1. The van der Waals surface area contributed by atoms with Gasteiger partial charge in [-0.2, -0.15) is 0 Å². The Balaban J connectivity index is 0. The molecule has 0 unspecified atom stereocenters. The van der Waals surface area contributed by atoms with Gasteiger partial charge in [-0.25, -0.2) is 0 Å². The third kappa shape index (κ3) is 18.9. The molecule has 0 aliphatic carbocycles. The van der Waals surface area contributed by atoms with Crippen LogP contribution in [0.25, 0.3) is 0 Å². The predicted molar refractivity (Wildman–Crippen MR) is 84.7 cm³/mol. The first kappa shape index (κ1) is 22.2. The van der Waals surface area contributed by atoms with Gasteiger partial charge in [0.15, 0.2) is 0 Å². The van der Waals surface area contributed by atoms with Crippen molar-refractivity contribution in [3.8, 4) is 0 Å². The van der Waals surface area contributed by atoms with Crippen molar-refractivity contribution in [1.29, 1.82) is 0 Å². The zero-order valence-corrected chi connectivity index (χ0v) is 14.0. The van der Waals surface area contributed by atoms with Gasteiger partial charge in [-0.05, 0) is 33.6 Å². The highest BCUT2D eigenvalue weighted by molar-refractivity contribution is 5.69. The van der Waals surface area contributed by atoms with Crippen molar-refractivity contribution in [2.75, 3.05) is 0 Å². The van der Waals surface area contributed by atoms with Crippen LogP contribution in [-0.4, -0.2) is 22.6 Å². The van der Waals surface area contributed by atoms with E-state index in [2.05, 4.69) is 0 Å². The first-order chi connectivity index (χ1) is 9.31. The van der Waals surface area contributed by atoms with E-state index in [0.717, 1.165) is 44.9 Å². The van der Waals surface area contributed by atoms with Crippen molar-refractivity contribution in [2.24, 2.45) is 0 Å². The lowest BCUT2D eigenvalue weighted by Crippen LogP contribution is -2.23. The molecule has 0 rings (SSSR count). The summed E-state index contributed by atoms with van der Waals surface area (Å²) >= 11 is 0. The van der Waals surface area contributed by atoms with Gasteiger partial charge < -0.3 is 16.0 Å². The van der Waals surface area contributed by atoms with Gasteiger partial charge in [0.2, 0.25) is 0 Å². The Morgan fingerprint density at radius 3 is 1.57 bits per heavy atom. The lowest BCUT2D eigenvalue weighted by molar-refractivity contribution is -0.155. The number of esters is 1. The minimum absolute atomic E-state index is 0. The molecule has 0 aliphatic heterocycles. The molecule has 0 fully saturated rings. The summed E-state index contributed by atoms with van der Waals surface area (Å²) in [5.74, 6) is -0.807. The lowest BCUT2D eigenvalue weighted by Gasteiger charge is -2.19. The highest BCUT2D eigenvalue weighted by atomic mass is 16.6. The Kier molecular flexibility index (Phi) is 13.3. The van der Waals surface area contributed by atoms with E-state index in [-0.39, 0.29) is 24.1 Å². The van der Waals surface area contributed by atoms with Gasteiger partial charge in [-0.3, -0.25) is 9.59 Å². The first-order valence-electron chi connectivity index (χ1n) is 7.75. The molecule has 0 aliphatic rings. The third-order valence-corrected chi connectivity index (χ3v) is 2.94. The maximum atomic E-state index is 11.5. The van der Waals surface area contributed by atoms with Crippen LogP contribution in [0.3, 0.4) is 0 Å². The Bertz CT molecular complexity index is 284. The van der Waals surface area contributed by atoms with E-state index in [0.29, 0.717) is 6.42 Å². The molecule has 0 aromatic carbocycles. The summed E-state index contributed by atoms with van der Waals surface area (Å²) in [4.78, 5) is 21.8. The number of aliphatic carboxylic acids is 1. The summed E-state index contributed by atoms with van der Waals surface area (Å²) in [6.07, 6.45) is 9.13. The fourth-order valence-electron chi connectivity index (χ4n) is 2.00. The molecule has 0 spiro atoms. The summed E-state index contributed by atoms with van der Waals surface area (Å²) in [6.45, 7) is 5.65. The topological polar surface area (TPSA) is 98.6 Å². The lowest BCUT2D eigenvalue weighted by atomic mass is 10.1. The van der Waals surface area contributed by atoms with Crippen molar-refractivity contribution >= 4 is 11.9 Å². The second-order valence-electron chi connectivity index (χ2n) is 6.31. The summed E-state index contributed by atoms with van der Waals surface area (Å²) in [5.41, 5.74) is -0.382. The zero-order chi connectivity index (χ0) is 15.4. The van der Waals surface area contributed by atoms with Crippen molar-refractivity contribution in [1.82, 2.24) is 6.15 Å². The molecular weight excluding hydrogens is 270 g/mol. The van der Waals surface area contributed by atoms with Gasteiger partial charge in [0, 0.05) is 12.8 Å². The molecule has 0 atom stereocenters. The van der Waals surface area contributed by atoms with Crippen LogP contribution in [0, 0.1) is 0 Å². The minimum atomic E-state index is -0.702. The molecule has 0 bridgehead atoms. The van der Waals surface area contributed by atoms with Crippen LogP contribution in [0.1, 0.15) is 85.0 Å². The number of carboxylic acid groups (broad SMARTS) is 1. The smallest absolute Gasteiger partial charge is 0.306 e. The molecule has 21 heavy (non-hydrogen) atoms. The zero-order valence-electron chi connectivity index (χ0n) is 14.0. The average Bonchev–Trinajstić information content (AvgIpc) is 2.28. The van der Waals surface area contributed by atoms with Crippen LogP contribution in [0.4, 0.5) is 0 Å². The van der Waals surface area contributed by atoms with Crippen LogP contribution in [0.2, 0.25) is 0 Å².